The maximum Gasteiger partial charge on any atom is 0.243 e. The second-order valence-corrected chi connectivity index (χ2v) is 11.4. The van der Waals surface area contributed by atoms with Crippen LogP contribution in [0.2, 0.25) is 5.02 Å². The molecule has 0 amide bonds. The quantitative estimate of drug-likeness (QED) is 0.293. The lowest BCUT2D eigenvalue weighted by atomic mass is 9.97. The third-order valence-corrected chi connectivity index (χ3v) is 9.08. The summed E-state index contributed by atoms with van der Waals surface area (Å²) in [6.07, 6.45) is 3.66. The predicted octanol–water partition coefficient (Wildman–Crippen LogP) is 6.69. The molecule has 35 heavy (non-hydrogen) atoms. The third kappa shape index (κ3) is 4.56. The topological polar surface area (TPSA) is 42.3 Å². The van der Waals surface area contributed by atoms with Crippen molar-refractivity contribution in [3.05, 3.63) is 106 Å². The third-order valence-electron chi connectivity index (χ3n) is 6.95. The van der Waals surface area contributed by atoms with Crippen LogP contribution in [0.25, 0.3) is 16.5 Å². The van der Waals surface area contributed by atoms with Crippen LogP contribution in [-0.4, -0.2) is 30.4 Å². The number of sulfonamides is 1. The number of hydrogen-bond donors (Lipinski definition) is 0. The highest BCUT2D eigenvalue weighted by atomic mass is 35.5. The van der Waals surface area contributed by atoms with E-state index in [4.69, 9.17) is 11.6 Å². The van der Waals surface area contributed by atoms with Gasteiger partial charge in [-0.25, -0.2) is 8.42 Å². The molecule has 6 heteroatoms. The molecular formula is C29H29ClN2O2S. The molecule has 5 rings (SSSR count). The normalized spacial score (nSPS) is 14.9. The molecule has 4 nitrogen and oxygen atoms in total. The lowest BCUT2D eigenvalue weighted by molar-refractivity contribution is 0.441. The summed E-state index contributed by atoms with van der Waals surface area (Å²) >= 11 is 6.08. The molecule has 0 bridgehead atoms. The summed E-state index contributed by atoms with van der Waals surface area (Å²) < 4.78 is 30.4. The first-order valence-electron chi connectivity index (χ1n) is 12.0. The molecule has 0 spiro atoms. The molecule has 3 aromatic carbocycles. The molecule has 1 aliphatic heterocycles. The largest absolute Gasteiger partial charge is 0.340 e. The van der Waals surface area contributed by atoms with Gasteiger partial charge in [-0.15, -0.1) is 0 Å². The fourth-order valence-corrected chi connectivity index (χ4v) is 6.46. The zero-order valence-corrected chi connectivity index (χ0v) is 21.6. The molecule has 2 heterocycles. The van der Waals surface area contributed by atoms with Crippen LogP contribution in [0.4, 0.5) is 0 Å². The summed E-state index contributed by atoms with van der Waals surface area (Å²) in [5, 5.41) is 1.94. The van der Waals surface area contributed by atoms with Crippen molar-refractivity contribution in [2.45, 2.75) is 38.1 Å². The smallest absolute Gasteiger partial charge is 0.243 e. The van der Waals surface area contributed by atoms with E-state index >= 15 is 0 Å². The van der Waals surface area contributed by atoms with Crippen molar-refractivity contribution in [3.63, 3.8) is 0 Å². The molecule has 0 radical (unpaired) electrons. The van der Waals surface area contributed by atoms with Crippen LogP contribution in [0.1, 0.15) is 35.7 Å². The Morgan fingerprint density at radius 2 is 1.60 bits per heavy atom. The summed E-state index contributed by atoms with van der Waals surface area (Å²) in [4.78, 5) is 0.363. The highest BCUT2D eigenvalue weighted by molar-refractivity contribution is 7.89. The minimum absolute atomic E-state index is 0.363. The SMILES string of the molecule is CCc1ccc(S(=O)(=O)N2CC=C(c3c(C)n(Cc4ccc(Cl)cc4)c4ccccc34)CC2)cc1. The molecule has 0 aliphatic carbocycles. The number of para-hydroxylation sites is 1. The van der Waals surface area contributed by atoms with Crippen molar-refractivity contribution >= 4 is 38.1 Å². The first-order valence-corrected chi connectivity index (χ1v) is 13.8. The van der Waals surface area contributed by atoms with Crippen LogP contribution < -0.4 is 0 Å². The van der Waals surface area contributed by atoms with Gasteiger partial charge in [0.05, 0.1) is 4.90 Å². The van der Waals surface area contributed by atoms with Gasteiger partial charge in [0.15, 0.2) is 0 Å². The van der Waals surface area contributed by atoms with Crippen LogP contribution in [0, 0.1) is 6.92 Å². The van der Waals surface area contributed by atoms with Gasteiger partial charge in [0, 0.05) is 46.8 Å². The number of hydrogen-bond acceptors (Lipinski definition) is 2. The number of aromatic nitrogens is 1. The standard InChI is InChI=1S/C29H29ClN2O2S/c1-3-22-10-14-26(15-11-22)35(33,34)31-18-16-24(17-19-31)29-21(2)32(28-7-5-4-6-27(28)29)20-23-8-12-25(30)13-9-23/h4-16H,3,17-20H2,1-2H3. The summed E-state index contributed by atoms with van der Waals surface area (Å²) in [7, 11) is -3.51. The molecule has 1 aliphatic rings. The number of rotatable bonds is 6. The monoisotopic (exact) mass is 504 g/mol. The van der Waals surface area contributed by atoms with E-state index in [1.54, 1.807) is 16.4 Å². The first kappa shape index (κ1) is 23.9. The summed E-state index contributed by atoms with van der Waals surface area (Å²) in [5.74, 6) is 0. The number of halogens is 1. The number of nitrogens with zero attached hydrogens (tertiary/aromatic N) is 2. The molecule has 1 aromatic heterocycles. The van der Waals surface area contributed by atoms with E-state index in [9.17, 15) is 8.42 Å². The van der Waals surface area contributed by atoms with E-state index in [2.05, 4.69) is 60.9 Å². The zero-order chi connectivity index (χ0) is 24.6. The molecule has 0 saturated carbocycles. The van der Waals surface area contributed by atoms with Gasteiger partial charge in [-0.3, -0.25) is 0 Å². The fourth-order valence-electron chi connectivity index (χ4n) is 4.95. The van der Waals surface area contributed by atoms with Crippen molar-refractivity contribution < 1.29 is 8.42 Å². The Hall–Kier alpha value is -2.86. The van der Waals surface area contributed by atoms with Crippen molar-refractivity contribution in [2.75, 3.05) is 13.1 Å². The maximum absolute atomic E-state index is 13.2. The van der Waals surface area contributed by atoms with Gasteiger partial charge >= 0.3 is 0 Å². The van der Waals surface area contributed by atoms with E-state index in [-0.39, 0.29) is 0 Å². The minimum Gasteiger partial charge on any atom is -0.340 e. The summed E-state index contributed by atoms with van der Waals surface area (Å²) in [6.45, 7) is 5.83. The van der Waals surface area contributed by atoms with Gasteiger partial charge in [-0.1, -0.05) is 67.1 Å². The van der Waals surface area contributed by atoms with E-state index in [0.717, 1.165) is 23.6 Å². The summed E-state index contributed by atoms with van der Waals surface area (Å²) in [6, 6.07) is 23.7. The lowest BCUT2D eigenvalue weighted by Gasteiger charge is -2.26. The Kier molecular flexibility index (Phi) is 6.58. The van der Waals surface area contributed by atoms with Crippen molar-refractivity contribution in [1.29, 1.82) is 0 Å². The Bertz CT molecular complexity index is 1500. The van der Waals surface area contributed by atoms with E-state index in [1.807, 2.05) is 24.3 Å². The van der Waals surface area contributed by atoms with Gasteiger partial charge < -0.3 is 4.57 Å². The van der Waals surface area contributed by atoms with Crippen LogP contribution in [0.15, 0.2) is 83.8 Å². The average molecular weight is 505 g/mol. The van der Waals surface area contributed by atoms with Crippen molar-refractivity contribution in [2.24, 2.45) is 0 Å². The van der Waals surface area contributed by atoms with E-state index < -0.39 is 10.0 Å². The second kappa shape index (κ2) is 9.65. The summed E-state index contributed by atoms with van der Waals surface area (Å²) in [5.41, 5.74) is 7.13. The van der Waals surface area contributed by atoms with Gasteiger partial charge in [-0.2, -0.15) is 4.31 Å². The van der Waals surface area contributed by atoms with Gasteiger partial charge in [0.2, 0.25) is 10.0 Å². The Labute approximate surface area is 212 Å². The minimum atomic E-state index is -3.51. The van der Waals surface area contributed by atoms with Crippen LogP contribution >= 0.6 is 11.6 Å². The molecule has 0 saturated heterocycles. The van der Waals surface area contributed by atoms with E-state index in [0.29, 0.717) is 24.4 Å². The first-order chi connectivity index (χ1) is 16.9. The molecule has 0 fully saturated rings. The lowest BCUT2D eigenvalue weighted by Crippen LogP contribution is -2.34. The van der Waals surface area contributed by atoms with Gasteiger partial charge in [0.25, 0.3) is 0 Å². The van der Waals surface area contributed by atoms with Crippen molar-refractivity contribution in [1.82, 2.24) is 8.87 Å². The molecule has 0 unspecified atom stereocenters. The van der Waals surface area contributed by atoms with Crippen LogP contribution in [-0.2, 0) is 23.0 Å². The Morgan fingerprint density at radius 3 is 2.26 bits per heavy atom. The average Bonchev–Trinajstić information content (AvgIpc) is 3.16. The molecular weight excluding hydrogens is 476 g/mol. The Balaban J connectivity index is 1.46. The molecule has 180 valence electrons. The number of aryl methyl sites for hydroxylation is 1. The zero-order valence-electron chi connectivity index (χ0n) is 20.0. The number of fused-ring (bicyclic) bond motifs is 1. The highest BCUT2D eigenvalue weighted by Gasteiger charge is 2.28. The second-order valence-electron chi connectivity index (χ2n) is 9.03. The van der Waals surface area contributed by atoms with E-state index in [1.165, 1.54) is 33.3 Å². The molecule has 4 aromatic rings. The van der Waals surface area contributed by atoms with Gasteiger partial charge in [0.1, 0.15) is 0 Å². The molecule has 0 N–H and O–H groups in total. The van der Waals surface area contributed by atoms with Gasteiger partial charge in [-0.05, 0) is 66.8 Å². The van der Waals surface area contributed by atoms with Crippen LogP contribution in [0.3, 0.4) is 0 Å². The molecule has 0 atom stereocenters. The maximum atomic E-state index is 13.2. The van der Waals surface area contributed by atoms with Crippen LogP contribution in [0.5, 0.6) is 0 Å². The fraction of sp³-hybridized carbons (Fsp3) is 0.241. The number of benzene rings is 3. The Morgan fingerprint density at radius 1 is 0.914 bits per heavy atom. The van der Waals surface area contributed by atoms with Crippen molar-refractivity contribution in [3.8, 4) is 0 Å². The highest BCUT2D eigenvalue weighted by Crippen LogP contribution is 2.36. The predicted molar refractivity (Wildman–Crippen MR) is 144 cm³/mol.